The van der Waals surface area contributed by atoms with E-state index in [1.54, 1.807) is 7.05 Å². The van der Waals surface area contributed by atoms with Crippen LogP contribution in [-0.4, -0.2) is 14.2 Å². The maximum Gasteiger partial charge on any atom is 0.165 e. The summed E-state index contributed by atoms with van der Waals surface area (Å²) in [5, 5.41) is 11.9. The predicted octanol–water partition coefficient (Wildman–Crippen LogP) is 2.78. The third kappa shape index (κ3) is 2.77. The first-order chi connectivity index (χ1) is 8.58. The molecule has 1 aromatic rings. The van der Waals surface area contributed by atoms with Crippen LogP contribution >= 0.6 is 0 Å². The van der Waals surface area contributed by atoms with Crippen LogP contribution < -0.4 is 10.1 Å². The first kappa shape index (κ1) is 14.4. The molecule has 2 unspecified atom stereocenters. The molecule has 1 rings (SSSR count). The van der Waals surface area contributed by atoms with E-state index < -0.39 is 23.6 Å². The Balaban J connectivity index is 3.22. The molecule has 2 atom stereocenters. The van der Waals surface area contributed by atoms with Crippen molar-refractivity contribution < 1.29 is 13.5 Å². The second kappa shape index (κ2) is 6.31. The fourth-order valence-electron chi connectivity index (χ4n) is 1.91. The molecule has 1 N–H and O–H groups in total. The smallest absolute Gasteiger partial charge is 0.165 e. The van der Waals surface area contributed by atoms with E-state index in [1.165, 1.54) is 7.11 Å². The minimum Gasteiger partial charge on any atom is -0.494 e. The van der Waals surface area contributed by atoms with Crippen molar-refractivity contribution in [3.63, 3.8) is 0 Å². The summed E-state index contributed by atoms with van der Waals surface area (Å²) in [5.41, 5.74) is 0.143. The van der Waals surface area contributed by atoms with Crippen molar-refractivity contribution in [3.8, 4) is 11.8 Å². The van der Waals surface area contributed by atoms with Crippen LogP contribution in [0.25, 0.3) is 0 Å². The molecular weight excluding hydrogens is 238 g/mol. The van der Waals surface area contributed by atoms with E-state index in [2.05, 4.69) is 11.4 Å². The van der Waals surface area contributed by atoms with Crippen LogP contribution in [0.1, 0.15) is 24.9 Å². The molecule has 3 nitrogen and oxygen atoms in total. The van der Waals surface area contributed by atoms with E-state index in [9.17, 15) is 8.78 Å². The molecule has 0 radical (unpaired) electrons. The lowest BCUT2D eigenvalue weighted by atomic mass is 9.91. The van der Waals surface area contributed by atoms with Gasteiger partial charge >= 0.3 is 0 Å². The van der Waals surface area contributed by atoms with E-state index in [-0.39, 0.29) is 11.3 Å². The molecule has 0 heterocycles. The highest BCUT2D eigenvalue weighted by Crippen LogP contribution is 2.30. The highest BCUT2D eigenvalue weighted by Gasteiger charge is 2.24. The molecule has 0 spiro atoms. The highest BCUT2D eigenvalue weighted by atomic mass is 19.1. The molecule has 18 heavy (non-hydrogen) atoms. The Hall–Kier alpha value is -1.67. The Bertz CT molecular complexity index is 457. The van der Waals surface area contributed by atoms with Crippen molar-refractivity contribution >= 4 is 0 Å². The molecule has 0 fully saturated rings. The molecule has 98 valence electrons. The van der Waals surface area contributed by atoms with Gasteiger partial charge in [-0.05, 0) is 19.5 Å². The van der Waals surface area contributed by atoms with E-state index in [1.807, 2.05) is 6.92 Å². The van der Waals surface area contributed by atoms with Gasteiger partial charge in [0, 0.05) is 11.6 Å². The number of nitriles is 1. The number of nitrogens with zero attached hydrogens (tertiary/aromatic N) is 1. The third-order valence-corrected chi connectivity index (χ3v) is 2.93. The van der Waals surface area contributed by atoms with Crippen molar-refractivity contribution in [2.24, 2.45) is 5.92 Å². The SMILES string of the molecule is CCC(C#N)C(NC)c1cc(F)c(OC)cc1F. The molecule has 1 aromatic carbocycles. The molecule has 0 aliphatic carbocycles. The molecule has 0 saturated carbocycles. The molecule has 0 aromatic heterocycles. The first-order valence-corrected chi connectivity index (χ1v) is 5.68. The molecular formula is C13H16F2N2O. The van der Waals surface area contributed by atoms with Crippen LogP contribution in [-0.2, 0) is 0 Å². The van der Waals surface area contributed by atoms with Crippen molar-refractivity contribution in [1.82, 2.24) is 5.32 Å². The predicted molar refractivity (Wildman–Crippen MR) is 64.1 cm³/mol. The summed E-state index contributed by atoms with van der Waals surface area (Å²) >= 11 is 0. The number of rotatable bonds is 5. The Labute approximate surface area is 105 Å². The number of benzene rings is 1. The lowest BCUT2D eigenvalue weighted by Gasteiger charge is -2.21. The summed E-state index contributed by atoms with van der Waals surface area (Å²) in [5.74, 6) is -1.78. The number of ether oxygens (including phenoxy) is 1. The summed E-state index contributed by atoms with van der Waals surface area (Å²) in [6.07, 6.45) is 0.551. The summed E-state index contributed by atoms with van der Waals surface area (Å²) in [6, 6.07) is 3.63. The van der Waals surface area contributed by atoms with E-state index in [4.69, 9.17) is 10.00 Å². The van der Waals surface area contributed by atoms with E-state index in [0.29, 0.717) is 6.42 Å². The topological polar surface area (TPSA) is 45.0 Å². The van der Waals surface area contributed by atoms with Crippen LogP contribution in [0.3, 0.4) is 0 Å². The molecule has 0 saturated heterocycles. The van der Waals surface area contributed by atoms with Gasteiger partial charge in [-0.1, -0.05) is 6.92 Å². The Morgan fingerprint density at radius 3 is 2.50 bits per heavy atom. The molecule has 0 aliphatic heterocycles. The second-order valence-corrected chi connectivity index (χ2v) is 3.92. The molecule has 5 heteroatoms. The number of nitrogens with one attached hydrogen (secondary N) is 1. The van der Waals surface area contributed by atoms with Crippen molar-refractivity contribution in [2.45, 2.75) is 19.4 Å². The molecule has 0 aliphatic rings. The summed E-state index contributed by atoms with van der Waals surface area (Å²) in [4.78, 5) is 0. The van der Waals surface area contributed by atoms with Crippen LogP contribution in [0.5, 0.6) is 5.75 Å². The number of methoxy groups -OCH3 is 1. The largest absolute Gasteiger partial charge is 0.494 e. The van der Waals surface area contributed by atoms with Crippen LogP contribution in [0.4, 0.5) is 8.78 Å². The quantitative estimate of drug-likeness (QED) is 0.878. The number of hydrogen-bond acceptors (Lipinski definition) is 3. The van der Waals surface area contributed by atoms with Gasteiger partial charge in [-0.25, -0.2) is 8.78 Å². The lowest BCUT2D eigenvalue weighted by Crippen LogP contribution is -2.25. The van der Waals surface area contributed by atoms with Gasteiger partial charge < -0.3 is 10.1 Å². The van der Waals surface area contributed by atoms with Crippen molar-refractivity contribution in [1.29, 1.82) is 5.26 Å². The average molecular weight is 254 g/mol. The van der Waals surface area contributed by atoms with Crippen molar-refractivity contribution in [2.75, 3.05) is 14.2 Å². The van der Waals surface area contributed by atoms with Crippen LogP contribution in [0, 0.1) is 28.9 Å². The molecule has 0 amide bonds. The van der Waals surface area contributed by atoms with Crippen LogP contribution in [0.15, 0.2) is 12.1 Å². The minimum absolute atomic E-state index is 0.142. The monoisotopic (exact) mass is 254 g/mol. The van der Waals surface area contributed by atoms with Gasteiger partial charge in [0.2, 0.25) is 0 Å². The Morgan fingerprint density at radius 1 is 1.39 bits per heavy atom. The highest BCUT2D eigenvalue weighted by molar-refractivity contribution is 5.33. The Kier molecular flexibility index (Phi) is 5.05. The van der Waals surface area contributed by atoms with Gasteiger partial charge in [-0.15, -0.1) is 0 Å². The zero-order chi connectivity index (χ0) is 13.7. The van der Waals surface area contributed by atoms with Crippen molar-refractivity contribution in [3.05, 3.63) is 29.3 Å². The number of halogens is 2. The van der Waals surface area contributed by atoms with E-state index >= 15 is 0 Å². The maximum absolute atomic E-state index is 13.9. The average Bonchev–Trinajstić information content (AvgIpc) is 2.38. The fraction of sp³-hybridized carbons (Fsp3) is 0.462. The van der Waals surface area contributed by atoms with Gasteiger partial charge in [0.15, 0.2) is 11.6 Å². The zero-order valence-corrected chi connectivity index (χ0v) is 10.6. The normalized spacial score (nSPS) is 13.8. The summed E-state index contributed by atoms with van der Waals surface area (Å²) < 4.78 is 32.2. The van der Waals surface area contributed by atoms with Crippen LogP contribution in [0.2, 0.25) is 0 Å². The van der Waals surface area contributed by atoms with Gasteiger partial charge in [0.25, 0.3) is 0 Å². The Morgan fingerprint density at radius 2 is 2.06 bits per heavy atom. The van der Waals surface area contributed by atoms with E-state index in [0.717, 1.165) is 12.1 Å². The maximum atomic E-state index is 13.9. The van der Waals surface area contributed by atoms with Gasteiger partial charge in [-0.2, -0.15) is 5.26 Å². The summed E-state index contributed by atoms with van der Waals surface area (Å²) in [7, 11) is 2.89. The fourth-order valence-corrected chi connectivity index (χ4v) is 1.91. The van der Waals surface area contributed by atoms with Gasteiger partial charge in [0.1, 0.15) is 5.82 Å². The minimum atomic E-state index is -0.637. The standard InChI is InChI=1S/C13H16F2N2O/c1-4-8(7-16)13(17-2)9-5-11(15)12(18-3)6-10(9)14/h5-6,8,13,17H,4H2,1-3H3. The number of hydrogen-bond donors (Lipinski definition) is 1. The molecule has 0 bridgehead atoms. The third-order valence-electron chi connectivity index (χ3n) is 2.93. The zero-order valence-electron chi connectivity index (χ0n) is 10.6. The summed E-state index contributed by atoms with van der Waals surface area (Å²) in [6.45, 7) is 1.83. The van der Waals surface area contributed by atoms with Gasteiger partial charge in [0.05, 0.1) is 25.1 Å². The second-order valence-electron chi connectivity index (χ2n) is 3.92. The lowest BCUT2D eigenvalue weighted by molar-refractivity contribution is 0.376. The van der Waals surface area contributed by atoms with Gasteiger partial charge in [-0.3, -0.25) is 0 Å². The first-order valence-electron chi connectivity index (χ1n) is 5.68.